The summed E-state index contributed by atoms with van der Waals surface area (Å²) in [6.07, 6.45) is -3.45. The van der Waals surface area contributed by atoms with E-state index in [0.29, 0.717) is 5.75 Å². The van der Waals surface area contributed by atoms with Crippen LogP contribution in [0.25, 0.3) is 11.4 Å². The monoisotopic (exact) mass is 379 g/mol. The third-order valence-corrected chi connectivity index (χ3v) is 4.32. The van der Waals surface area contributed by atoms with Crippen molar-refractivity contribution >= 4 is 17.5 Å². The van der Waals surface area contributed by atoms with Gasteiger partial charge in [0.15, 0.2) is 5.78 Å². The highest BCUT2D eigenvalue weighted by atomic mass is 32.2. The van der Waals surface area contributed by atoms with Crippen LogP contribution in [0.3, 0.4) is 0 Å². The van der Waals surface area contributed by atoms with Crippen molar-refractivity contribution in [2.75, 3.05) is 5.75 Å². The van der Waals surface area contributed by atoms with Gasteiger partial charge in [0.05, 0.1) is 5.75 Å². The van der Waals surface area contributed by atoms with Gasteiger partial charge in [-0.25, -0.2) is 0 Å². The molecule has 0 aliphatic heterocycles. The highest BCUT2D eigenvalue weighted by Crippen LogP contribution is 2.29. The van der Waals surface area contributed by atoms with Crippen molar-refractivity contribution in [2.45, 2.75) is 11.9 Å². The van der Waals surface area contributed by atoms with Crippen molar-refractivity contribution in [3.8, 4) is 11.4 Å². The smallest absolute Gasteiger partial charge is 0.329 e. The Morgan fingerprint density at radius 1 is 1.12 bits per heavy atom. The molecule has 0 aliphatic rings. The maximum atomic E-state index is 12.5. The van der Waals surface area contributed by atoms with Gasteiger partial charge < -0.3 is 4.52 Å². The lowest BCUT2D eigenvalue weighted by Crippen LogP contribution is -2.06. The number of carbonyl (C=O) groups excluding carboxylic acids is 1. The van der Waals surface area contributed by atoms with E-state index < -0.39 is 12.1 Å². The number of rotatable bonds is 6. The van der Waals surface area contributed by atoms with Crippen LogP contribution in [0.2, 0.25) is 0 Å². The molecule has 0 fully saturated rings. The summed E-state index contributed by atoms with van der Waals surface area (Å²) < 4.78 is 41.6. The van der Waals surface area contributed by atoms with E-state index in [1.807, 2.05) is 30.3 Å². The first-order chi connectivity index (χ1) is 12.4. The molecule has 0 spiro atoms. The summed E-state index contributed by atoms with van der Waals surface area (Å²) in [4.78, 5) is 19.4. The van der Waals surface area contributed by atoms with Crippen LogP contribution in [0, 0.1) is 0 Å². The quantitative estimate of drug-likeness (QED) is 0.596. The van der Waals surface area contributed by atoms with Crippen LogP contribution in [0.1, 0.15) is 21.9 Å². The Bertz CT molecular complexity index is 880. The number of nitrogens with zero attached hydrogens (tertiary/aromatic N) is 3. The van der Waals surface area contributed by atoms with Crippen LogP contribution < -0.4 is 0 Å². The first-order valence-corrected chi connectivity index (χ1v) is 8.61. The largest absolute Gasteiger partial charge is 0.471 e. The Labute approximate surface area is 150 Å². The van der Waals surface area contributed by atoms with E-state index in [2.05, 4.69) is 19.6 Å². The van der Waals surface area contributed by atoms with Crippen LogP contribution in [-0.2, 0) is 11.9 Å². The van der Waals surface area contributed by atoms with E-state index in [4.69, 9.17) is 0 Å². The summed E-state index contributed by atoms with van der Waals surface area (Å²) in [7, 11) is 0. The van der Waals surface area contributed by atoms with E-state index in [9.17, 15) is 18.0 Å². The van der Waals surface area contributed by atoms with Crippen LogP contribution in [-0.4, -0.2) is 26.7 Å². The van der Waals surface area contributed by atoms with E-state index in [0.717, 1.165) is 5.56 Å². The molecule has 9 heteroatoms. The lowest BCUT2D eigenvalue weighted by molar-refractivity contribution is -0.159. The molecule has 0 bridgehead atoms. The summed E-state index contributed by atoms with van der Waals surface area (Å²) in [6, 6.07) is 12.6. The SMILES string of the molecule is O=C(CSCc1ccccc1)c1ccc(-c2noc(C(F)(F)F)n2)cn1. The normalized spacial score (nSPS) is 11.5. The second-order valence-corrected chi connectivity index (χ2v) is 6.24. The van der Waals surface area contributed by atoms with E-state index in [1.54, 1.807) is 0 Å². The number of pyridine rings is 1. The predicted octanol–water partition coefficient (Wildman–Crippen LogP) is 4.27. The number of Topliss-reactive ketones (excluding diaryl/α,β-unsaturated/α-hetero) is 1. The fourth-order valence-electron chi connectivity index (χ4n) is 2.06. The van der Waals surface area contributed by atoms with Crippen molar-refractivity contribution in [1.82, 2.24) is 15.1 Å². The van der Waals surface area contributed by atoms with Crippen LogP contribution in [0.4, 0.5) is 13.2 Å². The molecule has 3 rings (SSSR count). The number of alkyl halides is 3. The van der Waals surface area contributed by atoms with Gasteiger partial charge in [-0.1, -0.05) is 35.5 Å². The van der Waals surface area contributed by atoms with E-state index in [1.165, 1.54) is 30.1 Å². The van der Waals surface area contributed by atoms with Crippen molar-refractivity contribution in [1.29, 1.82) is 0 Å². The highest BCUT2D eigenvalue weighted by Gasteiger charge is 2.38. The molecule has 0 saturated carbocycles. The van der Waals surface area contributed by atoms with Gasteiger partial charge in [0.2, 0.25) is 5.82 Å². The number of aromatic nitrogens is 3. The van der Waals surface area contributed by atoms with Gasteiger partial charge in [-0.05, 0) is 17.7 Å². The Morgan fingerprint density at radius 2 is 1.88 bits per heavy atom. The molecule has 2 aromatic heterocycles. The zero-order valence-corrected chi connectivity index (χ0v) is 14.0. The topological polar surface area (TPSA) is 68.9 Å². The average molecular weight is 379 g/mol. The highest BCUT2D eigenvalue weighted by molar-refractivity contribution is 7.99. The second-order valence-electron chi connectivity index (χ2n) is 5.25. The van der Waals surface area contributed by atoms with E-state index in [-0.39, 0.29) is 28.6 Å². The standard InChI is InChI=1S/C17H12F3N3O2S/c18-17(19,20)16-22-15(23-25-16)12-6-7-13(21-8-12)14(24)10-26-9-11-4-2-1-3-5-11/h1-8H,9-10H2. The van der Waals surface area contributed by atoms with Crippen molar-refractivity contribution in [2.24, 2.45) is 0 Å². The fraction of sp³-hybridized carbons (Fsp3) is 0.176. The van der Waals surface area contributed by atoms with Gasteiger partial charge in [0, 0.05) is 17.5 Å². The zero-order chi connectivity index (χ0) is 18.6. The number of carbonyl (C=O) groups is 1. The maximum absolute atomic E-state index is 12.5. The maximum Gasteiger partial charge on any atom is 0.471 e. The van der Waals surface area contributed by atoms with Gasteiger partial charge in [-0.2, -0.15) is 18.2 Å². The molecule has 0 amide bonds. The number of ketones is 1. The second kappa shape index (κ2) is 7.69. The number of benzene rings is 1. The van der Waals surface area contributed by atoms with E-state index >= 15 is 0 Å². The van der Waals surface area contributed by atoms with Gasteiger partial charge >= 0.3 is 12.1 Å². The molecule has 3 aromatic rings. The van der Waals surface area contributed by atoms with Gasteiger partial charge in [-0.15, -0.1) is 11.8 Å². The van der Waals surface area contributed by atoms with Crippen LogP contribution >= 0.6 is 11.8 Å². The molecular formula is C17H12F3N3O2S. The molecule has 26 heavy (non-hydrogen) atoms. The molecule has 0 unspecified atom stereocenters. The number of halogens is 3. The third kappa shape index (κ3) is 4.48. The molecular weight excluding hydrogens is 367 g/mol. The first kappa shape index (κ1) is 18.1. The molecule has 0 radical (unpaired) electrons. The summed E-state index contributed by atoms with van der Waals surface area (Å²) in [5.74, 6) is -0.871. The minimum atomic E-state index is -4.70. The number of hydrogen-bond acceptors (Lipinski definition) is 6. The minimum absolute atomic E-state index is 0.165. The Hall–Kier alpha value is -2.68. The predicted molar refractivity (Wildman–Crippen MR) is 89.5 cm³/mol. The summed E-state index contributed by atoms with van der Waals surface area (Å²) >= 11 is 1.46. The van der Waals surface area contributed by atoms with Crippen molar-refractivity contribution in [3.05, 3.63) is 65.8 Å². The van der Waals surface area contributed by atoms with Gasteiger partial charge in [-0.3, -0.25) is 9.78 Å². The molecule has 5 nitrogen and oxygen atoms in total. The van der Waals surface area contributed by atoms with Gasteiger partial charge in [0.1, 0.15) is 5.69 Å². The van der Waals surface area contributed by atoms with Gasteiger partial charge in [0.25, 0.3) is 0 Å². The average Bonchev–Trinajstić information content (AvgIpc) is 3.13. The molecule has 2 heterocycles. The van der Waals surface area contributed by atoms with Crippen molar-refractivity contribution in [3.63, 3.8) is 0 Å². The molecule has 0 saturated heterocycles. The fourth-order valence-corrected chi connectivity index (χ4v) is 2.92. The Balaban J connectivity index is 1.60. The summed E-state index contributed by atoms with van der Waals surface area (Å²) in [6.45, 7) is 0. The number of thioether (sulfide) groups is 1. The molecule has 0 aliphatic carbocycles. The summed E-state index contributed by atoms with van der Waals surface area (Å²) in [5.41, 5.74) is 1.58. The van der Waals surface area contributed by atoms with Crippen LogP contribution in [0.15, 0.2) is 53.2 Å². The summed E-state index contributed by atoms with van der Waals surface area (Å²) in [5, 5.41) is 3.28. The lowest BCUT2D eigenvalue weighted by atomic mass is 10.2. The van der Waals surface area contributed by atoms with Crippen LogP contribution in [0.5, 0.6) is 0 Å². The zero-order valence-electron chi connectivity index (χ0n) is 13.2. The minimum Gasteiger partial charge on any atom is -0.329 e. The molecule has 0 atom stereocenters. The first-order valence-electron chi connectivity index (χ1n) is 7.45. The Morgan fingerprint density at radius 3 is 2.50 bits per heavy atom. The number of hydrogen-bond donors (Lipinski definition) is 0. The molecule has 134 valence electrons. The lowest BCUT2D eigenvalue weighted by Gasteiger charge is -2.02. The Kier molecular flexibility index (Phi) is 5.36. The third-order valence-electron chi connectivity index (χ3n) is 3.32. The molecule has 0 N–H and O–H groups in total. The molecule has 1 aromatic carbocycles. The van der Waals surface area contributed by atoms with Crippen molar-refractivity contribution < 1.29 is 22.5 Å².